The summed E-state index contributed by atoms with van der Waals surface area (Å²) in [5.74, 6) is -0.462. The molecule has 0 radical (unpaired) electrons. The van der Waals surface area contributed by atoms with Crippen molar-refractivity contribution in [2.45, 2.75) is 6.54 Å². The second-order valence-corrected chi connectivity index (χ2v) is 5.28. The number of rotatable bonds is 3. The molecule has 0 saturated heterocycles. The summed E-state index contributed by atoms with van der Waals surface area (Å²) in [5, 5.41) is 1.15. The van der Waals surface area contributed by atoms with Crippen molar-refractivity contribution >= 4 is 45.1 Å². The number of aromatic nitrogens is 2. The standard InChI is InChI=1S/C12H9BrCl2N2O2/c1-19-11(18)10-5-16-12(13)17(10)6-7-4-8(14)2-3-9(7)15/h2-5H,6H2,1H3. The normalized spacial score (nSPS) is 10.5. The monoisotopic (exact) mass is 362 g/mol. The Morgan fingerprint density at radius 3 is 2.89 bits per heavy atom. The summed E-state index contributed by atoms with van der Waals surface area (Å²) in [4.78, 5) is 15.7. The molecule has 100 valence electrons. The van der Waals surface area contributed by atoms with E-state index in [4.69, 9.17) is 27.9 Å². The Hall–Kier alpha value is -1.04. The van der Waals surface area contributed by atoms with Gasteiger partial charge < -0.3 is 9.30 Å². The molecule has 0 fully saturated rings. The molecule has 0 N–H and O–H groups in total. The van der Waals surface area contributed by atoms with E-state index in [2.05, 4.69) is 20.9 Å². The molecule has 1 heterocycles. The van der Waals surface area contributed by atoms with Crippen molar-refractivity contribution in [3.05, 3.63) is 50.4 Å². The first-order valence-electron chi connectivity index (χ1n) is 5.26. The maximum absolute atomic E-state index is 11.6. The largest absolute Gasteiger partial charge is 0.464 e. The molecule has 0 amide bonds. The molecule has 4 nitrogen and oxygen atoms in total. The molecule has 0 aliphatic heterocycles. The fraction of sp³-hybridized carbons (Fsp3) is 0.167. The van der Waals surface area contributed by atoms with Gasteiger partial charge in [-0.2, -0.15) is 0 Å². The van der Waals surface area contributed by atoms with Crippen molar-refractivity contribution in [1.29, 1.82) is 0 Å². The molecule has 0 saturated carbocycles. The predicted molar refractivity (Wildman–Crippen MR) is 76.8 cm³/mol. The highest BCUT2D eigenvalue weighted by Crippen LogP contribution is 2.24. The maximum Gasteiger partial charge on any atom is 0.356 e. The van der Waals surface area contributed by atoms with Crippen LogP contribution in [0.2, 0.25) is 10.0 Å². The minimum atomic E-state index is -0.462. The average Bonchev–Trinajstić information content (AvgIpc) is 2.75. The van der Waals surface area contributed by atoms with E-state index in [1.54, 1.807) is 22.8 Å². The minimum absolute atomic E-state index is 0.338. The third-order valence-electron chi connectivity index (χ3n) is 2.54. The number of esters is 1. The quantitative estimate of drug-likeness (QED) is 0.779. The molecular formula is C12H9BrCl2N2O2. The maximum atomic E-state index is 11.6. The summed E-state index contributed by atoms with van der Waals surface area (Å²) in [6.07, 6.45) is 1.44. The highest BCUT2D eigenvalue weighted by Gasteiger charge is 2.16. The highest BCUT2D eigenvalue weighted by molar-refractivity contribution is 9.10. The van der Waals surface area contributed by atoms with Crippen LogP contribution in [0.15, 0.2) is 29.1 Å². The molecule has 2 aromatic rings. The van der Waals surface area contributed by atoms with Crippen molar-refractivity contribution in [1.82, 2.24) is 9.55 Å². The lowest BCUT2D eigenvalue weighted by molar-refractivity contribution is 0.0588. The number of methoxy groups -OCH3 is 1. The predicted octanol–water partition coefficient (Wildman–Crippen LogP) is 3.79. The van der Waals surface area contributed by atoms with Crippen LogP contribution in [0.4, 0.5) is 0 Å². The van der Waals surface area contributed by atoms with Gasteiger partial charge in [-0.1, -0.05) is 23.2 Å². The second-order valence-electron chi connectivity index (χ2n) is 3.73. The van der Waals surface area contributed by atoms with Gasteiger partial charge in [-0.3, -0.25) is 0 Å². The van der Waals surface area contributed by atoms with E-state index in [1.807, 2.05) is 0 Å². The summed E-state index contributed by atoms with van der Waals surface area (Å²) >= 11 is 15.3. The molecule has 0 spiro atoms. The molecule has 1 aromatic heterocycles. The summed E-state index contributed by atoms with van der Waals surface area (Å²) < 4.78 is 6.88. The topological polar surface area (TPSA) is 44.1 Å². The van der Waals surface area contributed by atoms with Gasteiger partial charge in [0.2, 0.25) is 0 Å². The van der Waals surface area contributed by atoms with Gasteiger partial charge in [-0.15, -0.1) is 0 Å². The summed E-state index contributed by atoms with van der Waals surface area (Å²) in [6.45, 7) is 0.365. The molecular weight excluding hydrogens is 355 g/mol. The third-order valence-corrected chi connectivity index (χ3v) is 3.77. The lowest BCUT2D eigenvalue weighted by Gasteiger charge is -2.10. The Labute approximate surface area is 128 Å². The fourth-order valence-electron chi connectivity index (χ4n) is 1.61. The van der Waals surface area contributed by atoms with Crippen molar-refractivity contribution in [3.8, 4) is 0 Å². The van der Waals surface area contributed by atoms with Crippen LogP contribution >= 0.6 is 39.1 Å². The minimum Gasteiger partial charge on any atom is -0.464 e. The van der Waals surface area contributed by atoms with Crippen LogP contribution in [0.1, 0.15) is 16.1 Å². The number of benzene rings is 1. The zero-order valence-electron chi connectivity index (χ0n) is 9.86. The molecule has 0 unspecified atom stereocenters. The molecule has 19 heavy (non-hydrogen) atoms. The number of nitrogens with zero attached hydrogens (tertiary/aromatic N) is 2. The molecule has 1 aromatic carbocycles. The summed E-state index contributed by atoms with van der Waals surface area (Å²) in [6, 6.07) is 5.16. The second kappa shape index (κ2) is 5.94. The Bertz CT molecular complexity index is 628. The number of hydrogen-bond donors (Lipinski definition) is 0. The van der Waals surface area contributed by atoms with Gasteiger partial charge in [-0.25, -0.2) is 9.78 Å². The van der Waals surface area contributed by atoms with E-state index in [-0.39, 0.29) is 0 Å². The molecule has 0 bridgehead atoms. The number of carbonyl (C=O) groups is 1. The van der Waals surface area contributed by atoms with E-state index in [0.717, 1.165) is 5.56 Å². The first-order chi connectivity index (χ1) is 9.02. The van der Waals surface area contributed by atoms with Crippen LogP contribution in [0.5, 0.6) is 0 Å². The molecule has 2 rings (SSSR count). The van der Waals surface area contributed by atoms with Crippen molar-refractivity contribution in [2.75, 3.05) is 7.11 Å². The van der Waals surface area contributed by atoms with Crippen molar-refractivity contribution in [2.24, 2.45) is 0 Å². The smallest absolute Gasteiger partial charge is 0.356 e. The van der Waals surface area contributed by atoms with Gasteiger partial charge in [-0.05, 0) is 39.7 Å². The number of imidazole rings is 1. The van der Waals surface area contributed by atoms with Gasteiger partial charge in [0.1, 0.15) is 5.69 Å². The van der Waals surface area contributed by atoms with Gasteiger partial charge in [0.05, 0.1) is 19.9 Å². The Balaban J connectivity index is 2.40. The zero-order chi connectivity index (χ0) is 14.0. The Morgan fingerprint density at radius 1 is 1.47 bits per heavy atom. The van der Waals surface area contributed by atoms with Crippen molar-refractivity contribution in [3.63, 3.8) is 0 Å². The van der Waals surface area contributed by atoms with Crippen LogP contribution in [0, 0.1) is 0 Å². The van der Waals surface area contributed by atoms with Crippen LogP contribution in [-0.2, 0) is 11.3 Å². The fourth-order valence-corrected chi connectivity index (χ4v) is 2.40. The van der Waals surface area contributed by atoms with Gasteiger partial charge >= 0.3 is 5.97 Å². The van der Waals surface area contributed by atoms with E-state index < -0.39 is 5.97 Å². The lowest BCUT2D eigenvalue weighted by atomic mass is 10.2. The highest BCUT2D eigenvalue weighted by atomic mass is 79.9. The summed E-state index contributed by atoms with van der Waals surface area (Å²) in [7, 11) is 1.32. The van der Waals surface area contributed by atoms with E-state index in [0.29, 0.717) is 27.0 Å². The van der Waals surface area contributed by atoms with Crippen LogP contribution in [-0.4, -0.2) is 22.6 Å². The van der Waals surface area contributed by atoms with E-state index in [1.165, 1.54) is 13.3 Å². The number of halogens is 3. The first kappa shape index (κ1) is 14.4. The molecule has 0 aliphatic carbocycles. The average molecular weight is 364 g/mol. The van der Waals surface area contributed by atoms with Gasteiger partial charge in [0, 0.05) is 10.0 Å². The zero-order valence-corrected chi connectivity index (χ0v) is 13.0. The van der Waals surface area contributed by atoms with Crippen molar-refractivity contribution < 1.29 is 9.53 Å². The summed E-state index contributed by atoms with van der Waals surface area (Å²) in [5.41, 5.74) is 1.13. The van der Waals surface area contributed by atoms with Crippen LogP contribution < -0.4 is 0 Å². The molecule has 0 atom stereocenters. The number of hydrogen-bond acceptors (Lipinski definition) is 3. The third kappa shape index (κ3) is 3.11. The number of ether oxygens (including phenoxy) is 1. The van der Waals surface area contributed by atoms with Gasteiger partial charge in [0.15, 0.2) is 4.73 Å². The number of carbonyl (C=O) groups excluding carboxylic acids is 1. The first-order valence-corrected chi connectivity index (χ1v) is 6.81. The molecule has 7 heteroatoms. The van der Waals surface area contributed by atoms with Gasteiger partial charge in [0.25, 0.3) is 0 Å². The Morgan fingerprint density at radius 2 is 2.21 bits per heavy atom. The van der Waals surface area contributed by atoms with E-state index >= 15 is 0 Å². The SMILES string of the molecule is COC(=O)c1cnc(Br)n1Cc1cc(Cl)ccc1Cl. The van der Waals surface area contributed by atoms with Crippen LogP contribution in [0.3, 0.4) is 0 Å². The van der Waals surface area contributed by atoms with E-state index in [9.17, 15) is 4.79 Å². The molecule has 0 aliphatic rings. The van der Waals surface area contributed by atoms with Crippen LogP contribution in [0.25, 0.3) is 0 Å². The Kier molecular flexibility index (Phi) is 4.50. The lowest BCUT2D eigenvalue weighted by Crippen LogP contribution is -2.12.